The highest BCUT2D eigenvalue weighted by molar-refractivity contribution is 5.09. The van der Waals surface area contributed by atoms with Gasteiger partial charge in [-0.1, -0.05) is 91.4 Å². The number of hydrogen-bond acceptors (Lipinski definition) is 0. The maximum Gasteiger partial charge on any atom is -0.0233 e. The molecular weight excluding hydrogens is 336 g/mol. The van der Waals surface area contributed by atoms with Crippen molar-refractivity contribution in [2.24, 2.45) is 40.4 Å². The molecule has 4 rings (SSSR count). The first-order chi connectivity index (χ1) is 13.6. The lowest BCUT2D eigenvalue weighted by Gasteiger charge is -2.66. The van der Waals surface area contributed by atoms with Crippen LogP contribution in [-0.2, 0) is 0 Å². The van der Waals surface area contributed by atoms with Gasteiger partial charge in [-0.2, -0.15) is 0 Å². The highest BCUT2D eigenvalue weighted by atomic mass is 14.6. The van der Waals surface area contributed by atoms with Gasteiger partial charge in [-0.05, 0) is 85.4 Å². The molecule has 0 heterocycles. The zero-order valence-electron chi connectivity index (χ0n) is 19.6. The Morgan fingerprint density at radius 1 is 0.679 bits per heavy atom. The van der Waals surface area contributed by atoms with Gasteiger partial charge in [-0.3, -0.25) is 0 Å². The SMILES string of the molecule is CCCCC1C(C)(C2CCCCC2)CC2CCCCC2C1(C)C1CCCCC1. The molecule has 0 aromatic rings. The molecule has 0 heteroatoms. The molecule has 5 atom stereocenters. The summed E-state index contributed by atoms with van der Waals surface area (Å²) in [6, 6.07) is 0. The lowest BCUT2D eigenvalue weighted by molar-refractivity contribution is -0.170. The molecule has 0 saturated heterocycles. The maximum absolute atomic E-state index is 2.87. The lowest BCUT2D eigenvalue weighted by atomic mass is 9.39. The van der Waals surface area contributed by atoms with Crippen LogP contribution in [0.1, 0.15) is 136 Å². The van der Waals surface area contributed by atoms with Crippen LogP contribution in [0.2, 0.25) is 0 Å². The fourth-order valence-electron chi connectivity index (χ4n) is 9.52. The van der Waals surface area contributed by atoms with Crippen LogP contribution in [0.3, 0.4) is 0 Å². The van der Waals surface area contributed by atoms with Crippen molar-refractivity contribution in [3.63, 3.8) is 0 Å². The standard InChI is InChI=1S/C28H50/c1-4-5-20-26-27(2,23-15-8-6-9-16-23)21-22-14-12-13-19-25(22)28(26,3)24-17-10-7-11-18-24/h22-26H,4-21H2,1-3H3. The Balaban J connectivity index is 1.72. The summed E-state index contributed by atoms with van der Waals surface area (Å²) in [4.78, 5) is 0. The zero-order chi connectivity index (χ0) is 19.6. The third-order valence-electron chi connectivity index (χ3n) is 10.8. The molecule has 0 amide bonds. The van der Waals surface area contributed by atoms with Gasteiger partial charge in [-0.15, -0.1) is 0 Å². The molecule has 4 saturated carbocycles. The van der Waals surface area contributed by atoms with Crippen LogP contribution in [0, 0.1) is 40.4 Å². The zero-order valence-corrected chi connectivity index (χ0v) is 19.6. The van der Waals surface area contributed by atoms with Crippen molar-refractivity contribution in [1.29, 1.82) is 0 Å². The summed E-state index contributed by atoms with van der Waals surface area (Å²) in [6.45, 7) is 8.13. The summed E-state index contributed by atoms with van der Waals surface area (Å²) in [5.74, 6) is 5.20. The summed E-state index contributed by atoms with van der Waals surface area (Å²) >= 11 is 0. The van der Waals surface area contributed by atoms with E-state index in [4.69, 9.17) is 0 Å². The van der Waals surface area contributed by atoms with Gasteiger partial charge in [0, 0.05) is 0 Å². The van der Waals surface area contributed by atoms with Gasteiger partial charge >= 0.3 is 0 Å². The number of rotatable bonds is 5. The van der Waals surface area contributed by atoms with Crippen molar-refractivity contribution in [2.75, 3.05) is 0 Å². The second-order valence-electron chi connectivity index (χ2n) is 12.1. The highest BCUT2D eigenvalue weighted by Crippen LogP contribution is 2.68. The lowest BCUT2D eigenvalue weighted by Crippen LogP contribution is -2.58. The van der Waals surface area contributed by atoms with E-state index in [2.05, 4.69) is 20.8 Å². The predicted molar refractivity (Wildman–Crippen MR) is 122 cm³/mol. The van der Waals surface area contributed by atoms with Crippen LogP contribution < -0.4 is 0 Å². The molecule has 0 aromatic heterocycles. The normalized spacial score (nSPS) is 43.6. The van der Waals surface area contributed by atoms with Crippen molar-refractivity contribution in [3.8, 4) is 0 Å². The van der Waals surface area contributed by atoms with Crippen LogP contribution in [0.15, 0.2) is 0 Å². The van der Waals surface area contributed by atoms with E-state index in [-0.39, 0.29) is 0 Å². The van der Waals surface area contributed by atoms with Crippen molar-refractivity contribution < 1.29 is 0 Å². The molecule has 4 fully saturated rings. The molecule has 162 valence electrons. The fraction of sp³-hybridized carbons (Fsp3) is 1.00. The molecular formula is C28H50. The van der Waals surface area contributed by atoms with Gasteiger partial charge in [0.1, 0.15) is 0 Å². The largest absolute Gasteiger partial charge is 0.0654 e. The molecule has 0 N–H and O–H groups in total. The Morgan fingerprint density at radius 3 is 1.89 bits per heavy atom. The van der Waals surface area contributed by atoms with Crippen LogP contribution in [0.5, 0.6) is 0 Å². The van der Waals surface area contributed by atoms with E-state index in [0.29, 0.717) is 10.8 Å². The summed E-state index contributed by atoms with van der Waals surface area (Å²) < 4.78 is 0. The first-order valence-corrected chi connectivity index (χ1v) is 13.6. The summed E-state index contributed by atoms with van der Waals surface area (Å²) in [7, 11) is 0. The van der Waals surface area contributed by atoms with Gasteiger partial charge in [0.2, 0.25) is 0 Å². The van der Waals surface area contributed by atoms with Crippen LogP contribution >= 0.6 is 0 Å². The summed E-state index contributed by atoms with van der Waals surface area (Å²) in [5.41, 5.74) is 1.28. The van der Waals surface area contributed by atoms with Crippen LogP contribution in [0.25, 0.3) is 0 Å². The number of hydrogen-bond donors (Lipinski definition) is 0. The van der Waals surface area contributed by atoms with E-state index in [1.165, 1.54) is 64.2 Å². The first-order valence-electron chi connectivity index (χ1n) is 13.6. The third kappa shape index (κ3) is 3.73. The van der Waals surface area contributed by atoms with Crippen LogP contribution in [0.4, 0.5) is 0 Å². The average Bonchev–Trinajstić information content (AvgIpc) is 2.75. The first kappa shape index (κ1) is 21.2. The smallest absolute Gasteiger partial charge is 0.0233 e. The quantitative estimate of drug-likeness (QED) is 0.441. The topological polar surface area (TPSA) is 0 Å². The van der Waals surface area contributed by atoms with Crippen molar-refractivity contribution in [3.05, 3.63) is 0 Å². The van der Waals surface area contributed by atoms with E-state index >= 15 is 0 Å². The molecule has 0 radical (unpaired) electrons. The van der Waals surface area contributed by atoms with E-state index < -0.39 is 0 Å². The number of unbranched alkanes of at least 4 members (excludes halogenated alkanes) is 1. The van der Waals surface area contributed by atoms with E-state index in [0.717, 1.165) is 29.6 Å². The molecule has 4 aliphatic carbocycles. The minimum absolute atomic E-state index is 0.639. The molecule has 0 bridgehead atoms. The second kappa shape index (κ2) is 9.01. The Labute approximate surface area is 177 Å². The molecule has 0 aromatic carbocycles. The maximum atomic E-state index is 2.87. The Hall–Kier alpha value is 0. The van der Waals surface area contributed by atoms with Crippen molar-refractivity contribution >= 4 is 0 Å². The van der Waals surface area contributed by atoms with Crippen molar-refractivity contribution in [1.82, 2.24) is 0 Å². The Bertz CT molecular complexity index is 482. The molecule has 5 unspecified atom stereocenters. The molecule has 0 nitrogen and oxygen atoms in total. The van der Waals surface area contributed by atoms with E-state index in [9.17, 15) is 0 Å². The third-order valence-corrected chi connectivity index (χ3v) is 10.8. The highest BCUT2D eigenvalue weighted by Gasteiger charge is 2.60. The molecule has 0 aliphatic heterocycles. The van der Waals surface area contributed by atoms with Gasteiger partial charge in [0.15, 0.2) is 0 Å². The monoisotopic (exact) mass is 386 g/mol. The summed E-state index contributed by atoms with van der Waals surface area (Å²) in [6.07, 6.45) is 27.6. The van der Waals surface area contributed by atoms with Crippen molar-refractivity contribution in [2.45, 2.75) is 136 Å². The fourth-order valence-corrected chi connectivity index (χ4v) is 9.52. The average molecular weight is 387 g/mol. The summed E-state index contributed by atoms with van der Waals surface area (Å²) in [5, 5.41) is 0. The minimum Gasteiger partial charge on any atom is -0.0654 e. The minimum atomic E-state index is 0.639. The molecule has 4 aliphatic rings. The molecule has 0 spiro atoms. The van der Waals surface area contributed by atoms with Gasteiger partial charge in [-0.25, -0.2) is 0 Å². The Kier molecular flexibility index (Phi) is 6.84. The predicted octanol–water partition coefficient (Wildman–Crippen LogP) is 9.18. The van der Waals surface area contributed by atoms with Crippen LogP contribution in [-0.4, -0.2) is 0 Å². The number of fused-ring (bicyclic) bond motifs is 1. The van der Waals surface area contributed by atoms with Gasteiger partial charge in [0.05, 0.1) is 0 Å². The Morgan fingerprint density at radius 2 is 1.25 bits per heavy atom. The van der Waals surface area contributed by atoms with E-state index in [1.807, 2.05) is 0 Å². The van der Waals surface area contributed by atoms with Gasteiger partial charge < -0.3 is 0 Å². The van der Waals surface area contributed by atoms with E-state index in [1.54, 1.807) is 51.4 Å². The molecule has 28 heavy (non-hydrogen) atoms. The van der Waals surface area contributed by atoms with Gasteiger partial charge in [0.25, 0.3) is 0 Å². The second-order valence-corrected chi connectivity index (χ2v) is 12.1.